The molecule has 0 aromatic rings. The minimum atomic E-state index is -0.730. The maximum absolute atomic E-state index is 10.9. The van der Waals surface area contributed by atoms with Crippen molar-refractivity contribution in [1.29, 1.82) is 0 Å². The van der Waals surface area contributed by atoms with Crippen LogP contribution >= 0.6 is 12.4 Å². The van der Waals surface area contributed by atoms with Gasteiger partial charge in [0.05, 0.1) is 0 Å². The summed E-state index contributed by atoms with van der Waals surface area (Å²) in [5.74, 6) is -0.730. The van der Waals surface area contributed by atoms with Gasteiger partial charge in [0, 0.05) is 0 Å². The number of rotatable bonds is 8. The molecule has 1 atom stereocenters. The van der Waals surface area contributed by atoms with Crippen molar-refractivity contribution >= 4 is 18.4 Å². The quantitative estimate of drug-likeness (QED) is 0.697. The fourth-order valence-electron chi connectivity index (χ4n) is 1.36. The Morgan fingerprint density at radius 2 is 1.94 bits per heavy atom. The Balaban J connectivity index is 0. The average molecular weight is 252 g/mol. The zero-order valence-electron chi connectivity index (χ0n) is 10.9. The van der Waals surface area contributed by atoms with E-state index in [-0.39, 0.29) is 18.4 Å². The molecule has 0 aliphatic heterocycles. The maximum atomic E-state index is 10.9. The van der Waals surface area contributed by atoms with E-state index in [1.54, 1.807) is 0 Å². The standard InChI is InChI=1S/C12H25NO2.ClH/c1-5-7-10(11(14)15)13-9-8-12(3,4)6-2;/h10,13H,5-9H2,1-4H3,(H,14,15);1H. The van der Waals surface area contributed by atoms with Crippen LogP contribution in [0, 0.1) is 5.41 Å². The van der Waals surface area contributed by atoms with Crippen molar-refractivity contribution in [2.45, 2.75) is 59.4 Å². The summed E-state index contributed by atoms with van der Waals surface area (Å²) in [6.45, 7) is 9.39. The van der Waals surface area contributed by atoms with Crippen LogP contribution in [0.15, 0.2) is 0 Å². The lowest BCUT2D eigenvalue weighted by molar-refractivity contribution is -0.139. The molecule has 0 radical (unpaired) electrons. The van der Waals surface area contributed by atoms with Crippen molar-refractivity contribution in [3.8, 4) is 0 Å². The first-order valence-electron chi connectivity index (χ1n) is 5.89. The topological polar surface area (TPSA) is 49.3 Å². The van der Waals surface area contributed by atoms with Crippen LogP contribution in [0.4, 0.5) is 0 Å². The Labute approximate surface area is 105 Å². The summed E-state index contributed by atoms with van der Waals surface area (Å²) in [4.78, 5) is 10.9. The predicted octanol–water partition coefficient (Wildman–Crippen LogP) is 3.08. The molecule has 0 saturated heterocycles. The summed E-state index contributed by atoms with van der Waals surface area (Å²) < 4.78 is 0. The normalized spacial score (nSPS) is 13.0. The molecule has 2 N–H and O–H groups in total. The lowest BCUT2D eigenvalue weighted by Gasteiger charge is -2.23. The van der Waals surface area contributed by atoms with E-state index in [0.717, 1.165) is 25.8 Å². The Morgan fingerprint density at radius 3 is 2.31 bits per heavy atom. The van der Waals surface area contributed by atoms with E-state index in [2.05, 4.69) is 26.1 Å². The zero-order chi connectivity index (χ0) is 11.9. The molecular weight excluding hydrogens is 226 g/mol. The summed E-state index contributed by atoms with van der Waals surface area (Å²) in [6, 6.07) is -0.373. The molecule has 0 aromatic carbocycles. The molecule has 0 spiro atoms. The number of halogens is 1. The van der Waals surface area contributed by atoms with Crippen LogP contribution in [-0.4, -0.2) is 23.7 Å². The van der Waals surface area contributed by atoms with Gasteiger partial charge in [0.1, 0.15) is 6.04 Å². The van der Waals surface area contributed by atoms with Gasteiger partial charge >= 0.3 is 5.97 Å². The summed E-state index contributed by atoms with van der Waals surface area (Å²) in [5, 5.41) is 12.0. The SMILES string of the molecule is CCCC(NCCC(C)(C)CC)C(=O)O.Cl. The van der Waals surface area contributed by atoms with E-state index in [1.807, 2.05) is 6.92 Å². The van der Waals surface area contributed by atoms with Crippen LogP contribution in [0.3, 0.4) is 0 Å². The smallest absolute Gasteiger partial charge is 0.320 e. The Bertz CT molecular complexity index is 195. The molecular formula is C12H26ClNO2. The van der Waals surface area contributed by atoms with Crippen LogP contribution in [0.2, 0.25) is 0 Å². The van der Waals surface area contributed by atoms with Gasteiger partial charge in [-0.25, -0.2) is 0 Å². The first kappa shape index (κ1) is 18.1. The van der Waals surface area contributed by atoms with Crippen molar-refractivity contribution < 1.29 is 9.90 Å². The third-order valence-corrected chi connectivity index (χ3v) is 3.03. The number of aliphatic carboxylic acids is 1. The molecule has 0 aromatic heterocycles. The molecule has 0 rings (SSSR count). The Morgan fingerprint density at radius 1 is 1.38 bits per heavy atom. The summed E-state index contributed by atoms with van der Waals surface area (Å²) in [6.07, 6.45) is 3.76. The van der Waals surface area contributed by atoms with Gasteiger partial charge in [-0.3, -0.25) is 4.79 Å². The van der Waals surface area contributed by atoms with E-state index >= 15 is 0 Å². The highest BCUT2D eigenvalue weighted by Crippen LogP contribution is 2.23. The number of hydrogen-bond acceptors (Lipinski definition) is 2. The van der Waals surface area contributed by atoms with E-state index < -0.39 is 5.97 Å². The molecule has 98 valence electrons. The molecule has 4 heteroatoms. The van der Waals surface area contributed by atoms with Gasteiger partial charge in [-0.2, -0.15) is 0 Å². The van der Waals surface area contributed by atoms with Gasteiger partial charge in [0.2, 0.25) is 0 Å². The minimum Gasteiger partial charge on any atom is -0.480 e. The lowest BCUT2D eigenvalue weighted by atomic mass is 9.86. The summed E-state index contributed by atoms with van der Waals surface area (Å²) in [7, 11) is 0. The zero-order valence-corrected chi connectivity index (χ0v) is 11.7. The number of carboxylic acids is 1. The molecule has 0 bridgehead atoms. The third-order valence-electron chi connectivity index (χ3n) is 3.03. The second-order valence-corrected chi connectivity index (χ2v) is 4.90. The van der Waals surface area contributed by atoms with E-state index in [1.165, 1.54) is 0 Å². The fraction of sp³-hybridized carbons (Fsp3) is 0.917. The summed E-state index contributed by atoms with van der Waals surface area (Å²) in [5.41, 5.74) is 0.308. The highest BCUT2D eigenvalue weighted by atomic mass is 35.5. The highest BCUT2D eigenvalue weighted by molar-refractivity contribution is 5.85. The Kier molecular flexibility index (Phi) is 9.98. The van der Waals surface area contributed by atoms with Crippen molar-refractivity contribution in [3.05, 3.63) is 0 Å². The molecule has 0 aliphatic carbocycles. The first-order valence-corrected chi connectivity index (χ1v) is 5.89. The van der Waals surface area contributed by atoms with Gasteiger partial charge in [-0.15, -0.1) is 12.4 Å². The van der Waals surface area contributed by atoms with Crippen molar-refractivity contribution in [2.75, 3.05) is 6.54 Å². The fourth-order valence-corrected chi connectivity index (χ4v) is 1.36. The molecule has 0 aliphatic rings. The van der Waals surface area contributed by atoms with Gasteiger partial charge in [0.25, 0.3) is 0 Å². The van der Waals surface area contributed by atoms with Crippen molar-refractivity contribution in [1.82, 2.24) is 5.32 Å². The molecule has 16 heavy (non-hydrogen) atoms. The van der Waals surface area contributed by atoms with E-state index in [9.17, 15) is 4.79 Å². The maximum Gasteiger partial charge on any atom is 0.320 e. The third kappa shape index (κ3) is 7.94. The molecule has 0 saturated carbocycles. The second kappa shape index (κ2) is 8.82. The molecule has 0 amide bonds. The van der Waals surface area contributed by atoms with E-state index in [4.69, 9.17) is 5.11 Å². The number of nitrogens with one attached hydrogen (secondary N) is 1. The molecule has 3 nitrogen and oxygen atoms in total. The minimum absolute atomic E-state index is 0. The summed E-state index contributed by atoms with van der Waals surface area (Å²) >= 11 is 0. The van der Waals surface area contributed by atoms with Gasteiger partial charge in [-0.1, -0.05) is 40.5 Å². The van der Waals surface area contributed by atoms with Crippen LogP contribution in [-0.2, 0) is 4.79 Å². The van der Waals surface area contributed by atoms with Gasteiger partial charge in [-0.05, 0) is 24.8 Å². The predicted molar refractivity (Wildman–Crippen MR) is 70.3 cm³/mol. The van der Waals surface area contributed by atoms with Crippen LogP contribution in [0.25, 0.3) is 0 Å². The largest absolute Gasteiger partial charge is 0.480 e. The molecule has 1 unspecified atom stereocenters. The van der Waals surface area contributed by atoms with Crippen LogP contribution in [0.5, 0.6) is 0 Å². The monoisotopic (exact) mass is 251 g/mol. The number of hydrogen-bond donors (Lipinski definition) is 2. The molecule has 0 heterocycles. The number of carboxylic acid groups (broad SMARTS) is 1. The van der Waals surface area contributed by atoms with Crippen molar-refractivity contribution in [3.63, 3.8) is 0 Å². The van der Waals surface area contributed by atoms with Gasteiger partial charge in [0.15, 0.2) is 0 Å². The van der Waals surface area contributed by atoms with E-state index in [0.29, 0.717) is 11.8 Å². The van der Waals surface area contributed by atoms with Crippen molar-refractivity contribution in [2.24, 2.45) is 5.41 Å². The Hall–Kier alpha value is -0.280. The molecule has 0 fully saturated rings. The second-order valence-electron chi connectivity index (χ2n) is 4.90. The number of carbonyl (C=O) groups is 1. The van der Waals surface area contributed by atoms with Crippen LogP contribution < -0.4 is 5.32 Å². The average Bonchev–Trinajstić information content (AvgIpc) is 2.16. The van der Waals surface area contributed by atoms with Crippen LogP contribution in [0.1, 0.15) is 53.4 Å². The first-order chi connectivity index (χ1) is 6.93. The lowest BCUT2D eigenvalue weighted by Crippen LogP contribution is -2.38. The van der Waals surface area contributed by atoms with Gasteiger partial charge < -0.3 is 10.4 Å². The highest BCUT2D eigenvalue weighted by Gasteiger charge is 2.18.